The second-order valence-electron chi connectivity index (χ2n) is 4.28. The first-order valence-electron chi connectivity index (χ1n) is 6.63. The SMILES string of the molecule is CCCNCCNC(=O)COc1ccc(C(N)=O)cc1.Cl. The number of amides is 2. The second kappa shape index (κ2) is 10.9. The van der Waals surface area contributed by atoms with E-state index in [1.54, 1.807) is 24.3 Å². The van der Waals surface area contributed by atoms with Crippen molar-refractivity contribution in [2.45, 2.75) is 13.3 Å². The standard InChI is InChI=1S/C14H21N3O3.ClH/c1-2-7-16-8-9-17-13(18)10-20-12-5-3-11(4-6-12)14(15)19;/h3-6,16H,2,7-10H2,1H3,(H2,15,19)(H,17,18);1H. The van der Waals surface area contributed by atoms with Gasteiger partial charge in [-0.05, 0) is 37.2 Å². The lowest BCUT2D eigenvalue weighted by Gasteiger charge is -2.08. The third kappa shape index (κ3) is 8.16. The van der Waals surface area contributed by atoms with Crippen molar-refractivity contribution < 1.29 is 14.3 Å². The van der Waals surface area contributed by atoms with Crippen LogP contribution in [0.25, 0.3) is 0 Å². The summed E-state index contributed by atoms with van der Waals surface area (Å²) in [4.78, 5) is 22.4. The van der Waals surface area contributed by atoms with Gasteiger partial charge in [-0.15, -0.1) is 12.4 Å². The number of carbonyl (C=O) groups is 2. The highest BCUT2D eigenvalue weighted by Gasteiger charge is 2.03. The van der Waals surface area contributed by atoms with Crippen LogP contribution in [0, 0.1) is 0 Å². The molecule has 7 heteroatoms. The fourth-order valence-electron chi connectivity index (χ4n) is 1.51. The molecule has 118 valence electrons. The number of ether oxygens (including phenoxy) is 1. The summed E-state index contributed by atoms with van der Waals surface area (Å²) in [5.41, 5.74) is 5.53. The fourth-order valence-corrected chi connectivity index (χ4v) is 1.51. The summed E-state index contributed by atoms with van der Waals surface area (Å²) in [6.07, 6.45) is 1.07. The number of hydrogen-bond acceptors (Lipinski definition) is 4. The number of rotatable bonds is 9. The van der Waals surface area contributed by atoms with Crippen LogP contribution in [0.3, 0.4) is 0 Å². The summed E-state index contributed by atoms with van der Waals surface area (Å²) in [6.45, 7) is 4.29. The lowest BCUT2D eigenvalue weighted by Crippen LogP contribution is -2.35. The lowest BCUT2D eigenvalue weighted by molar-refractivity contribution is -0.123. The average molecular weight is 316 g/mol. The van der Waals surface area contributed by atoms with Crippen LogP contribution in [0.4, 0.5) is 0 Å². The number of nitrogens with two attached hydrogens (primary N) is 1. The molecule has 0 aliphatic rings. The quantitative estimate of drug-likeness (QED) is 0.585. The molecule has 0 aliphatic heterocycles. The summed E-state index contributed by atoms with van der Waals surface area (Å²) in [5, 5.41) is 5.92. The van der Waals surface area contributed by atoms with Gasteiger partial charge in [0.2, 0.25) is 5.91 Å². The van der Waals surface area contributed by atoms with E-state index in [0.29, 0.717) is 17.9 Å². The highest BCUT2D eigenvalue weighted by Crippen LogP contribution is 2.11. The molecule has 0 heterocycles. The van der Waals surface area contributed by atoms with Crippen LogP contribution in [-0.4, -0.2) is 38.1 Å². The number of primary amides is 1. The van der Waals surface area contributed by atoms with Crippen LogP contribution in [0.15, 0.2) is 24.3 Å². The molecule has 0 saturated heterocycles. The second-order valence-corrected chi connectivity index (χ2v) is 4.28. The summed E-state index contributed by atoms with van der Waals surface area (Å²) in [7, 11) is 0. The molecule has 0 spiro atoms. The summed E-state index contributed by atoms with van der Waals surface area (Å²) in [6, 6.07) is 6.33. The first kappa shape index (κ1) is 19.2. The van der Waals surface area contributed by atoms with Gasteiger partial charge in [0.05, 0.1) is 0 Å². The predicted octanol–water partition coefficient (Wildman–Crippen LogP) is 0.702. The molecule has 21 heavy (non-hydrogen) atoms. The van der Waals surface area contributed by atoms with Crippen LogP contribution in [0.2, 0.25) is 0 Å². The van der Waals surface area contributed by atoms with E-state index in [0.717, 1.165) is 19.5 Å². The molecule has 0 atom stereocenters. The monoisotopic (exact) mass is 315 g/mol. The van der Waals surface area contributed by atoms with Crippen molar-refractivity contribution in [1.82, 2.24) is 10.6 Å². The molecule has 1 aromatic rings. The number of hydrogen-bond donors (Lipinski definition) is 3. The molecule has 6 nitrogen and oxygen atoms in total. The maximum Gasteiger partial charge on any atom is 0.257 e. The van der Waals surface area contributed by atoms with E-state index >= 15 is 0 Å². The van der Waals surface area contributed by atoms with Crippen LogP contribution < -0.4 is 21.1 Å². The van der Waals surface area contributed by atoms with Crippen molar-refractivity contribution in [3.05, 3.63) is 29.8 Å². The zero-order valence-electron chi connectivity index (χ0n) is 12.1. The zero-order valence-corrected chi connectivity index (χ0v) is 12.9. The minimum Gasteiger partial charge on any atom is -0.484 e. The Bertz CT molecular complexity index is 438. The molecule has 4 N–H and O–H groups in total. The van der Waals surface area contributed by atoms with Gasteiger partial charge in [0.1, 0.15) is 5.75 Å². The molecule has 0 bridgehead atoms. The molecule has 1 rings (SSSR count). The minimum absolute atomic E-state index is 0. The van der Waals surface area contributed by atoms with Gasteiger partial charge < -0.3 is 21.1 Å². The van der Waals surface area contributed by atoms with E-state index < -0.39 is 5.91 Å². The molecular formula is C14H22ClN3O3. The Kier molecular flexibility index (Phi) is 10.0. The maximum absolute atomic E-state index is 11.5. The molecule has 0 fully saturated rings. The van der Waals surface area contributed by atoms with E-state index in [4.69, 9.17) is 10.5 Å². The Balaban J connectivity index is 0.00000400. The normalized spacial score (nSPS) is 9.57. The number of carbonyl (C=O) groups excluding carboxylic acids is 2. The van der Waals surface area contributed by atoms with Gasteiger partial charge in [0.15, 0.2) is 6.61 Å². The van der Waals surface area contributed by atoms with Gasteiger partial charge in [0, 0.05) is 18.7 Å². The van der Waals surface area contributed by atoms with Gasteiger partial charge in [0.25, 0.3) is 5.91 Å². The summed E-state index contributed by atoms with van der Waals surface area (Å²) >= 11 is 0. The van der Waals surface area contributed by atoms with Crippen molar-refractivity contribution >= 4 is 24.2 Å². The smallest absolute Gasteiger partial charge is 0.257 e. The molecule has 2 amide bonds. The lowest BCUT2D eigenvalue weighted by atomic mass is 10.2. The van der Waals surface area contributed by atoms with Gasteiger partial charge >= 0.3 is 0 Å². The Labute approximate surface area is 130 Å². The highest BCUT2D eigenvalue weighted by molar-refractivity contribution is 5.92. The topological polar surface area (TPSA) is 93.4 Å². The van der Waals surface area contributed by atoms with E-state index in [9.17, 15) is 9.59 Å². The van der Waals surface area contributed by atoms with E-state index in [1.165, 1.54) is 0 Å². The molecule has 1 aromatic carbocycles. The van der Waals surface area contributed by atoms with Gasteiger partial charge in [-0.25, -0.2) is 0 Å². The van der Waals surface area contributed by atoms with Gasteiger partial charge in [-0.1, -0.05) is 6.92 Å². The molecule has 0 saturated carbocycles. The Morgan fingerprint density at radius 1 is 1.14 bits per heavy atom. The van der Waals surface area contributed by atoms with Crippen molar-refractivity contribution in [1.29, 1.82) is 0 Å². The number of nitrogens with one attached hydrogen (secondary N) is 2. The van der Waals surface area contributed by atoms with E-state index in [-0.39, 0.29) is 24.9 Å². The van der Waals surface area contributed by atoms with E-state index in [1.807, 2.05) is 0 Å². The van der Waals surface area contributed by atoms with Crippen molar-refractivity contribution in [3.8, 4) is 5.75 Å². The largest absolute Gasteiger partial charge is 0.484 e. The Hall–Kier alpha value is -1.79. The van der Waals surface area contributed by atoms with Crippen LogP contribution in [0.5, 0.6) is 5.75 Å². The van der Waals surface area contributed by atoms with Crippen LogP contribution in [-0.2, 0) is 4.79 Å². The molecule has 0 unspecified atom stereocenters. The highest BCUT2D eigenvalue weighted by atomic mass is 35.5. The maximum atomic E-state index is 11.5. The van der Waals surface area contributed by atoms with Crippen molar-refractivity contribution in [3.63, 3.8) is 0 Å². The first-order chi connectivity index (χ1) is 9.63. The number of halogens is 1. The minimum atomic E-state index is -0.492. The molecule has 0 aromatic heterocycles. The first-order valence-corrected chi connectivity index (χ1v) is 6.63. The molecule has 0 aliphatic carbocycles. The van der Waals surface area contributed by atoms with Crippen molar-refractivity contribution in [2.24, 2.45) is 5.73 Å². The third-order valence-corrected chi connectivity index (χ3v) is 2.56. The van der Waals surface area contributed by atoms with Crippen LogP contribution in [0.1, 0.15) is 23.7 Å². The molecule has 0 radical (unpaired) electrons. The summed E-state index contributed by atoms with van der Waals surface area (Å²) < 4.78 is 5.30. The Morgan fingerprint density at radius 2 is 1.81 bits per heavy atom. The number of benzene rings is 1. The molecular weight excluding hydrogens is 294 g/mol. The summed E-state index contributed by atoms with van der Waals surface area (Å²) in [5.74, 6) is -0.148. The predicted molar refractivity (Wildman–Crippen MR) is 83.9 cm³/mol. The van der Waals surface area contributed by atoms with Crippen LogP contribution >= 0.6 is 12.4 Å². The fraction of sp³-hybridized carbons (Fsp3) is 0.429. The third-order valence-electron chi connectivity index (χ3n) is 2.56. The van der Waals surface area contributed by atoms with Gasteiger partial charge in [-0.2, -0.15) is 0 Å². The van der Waals surface area contributed by atoms with Gasteiger partial charge in [-0.3, -0.25) is 9.59 Å². The Morgan fingerprint density at radius 3 is 2.38 bits per heavy atom. The average Bonchev–Trinajstić information content (AvgIpc) is 2.45. The van der Waals surface area contributed by atoms with E-state index in [2.05, 4.69) is 17.6 Å². The van der Waals surface area contributed by atoms with Crippen molar-refractivity contribution in [2.75, 3.05) is 26.2 Å². The zero-order chi connectivity index (χ0) is 14.8.